The number of sulfonamides is 1. The zero-order valence-electron chi connectivity index (χ0n) is 15.6. The van der Waals surface area contributed by atoms with Gasteiger partial charge in [-0.1, -0.05) is 48.0 Å². The summed E-state index contributed by atoms with van der Waals surface area (Å²) >= 11 is 0. The summed E-state index contributed by atoms with van der Waals surface area (Å²) in [5.74, 6) is -0.0868. The first kappa shape index (κ1) is 20.1. The summed E-state index contributed by atoms with van der Waals surface area (Å²) in [6, 6.07) is 17.1. The molecule has 0 radical (unpaired) electrons. The summed E-state index contributed by atoms with van der Waals surface area (Å²) in [6.45, 7) is 4.86. The van der Waals surface area contributed by atoms with E-state index in [0.29, 0.717) is 6.54 Å². The van der Waals surface area contributed by atoms with E-state index in [-0.39, 0.29) is 25.4 Å². The second-order valence-corrected chi connectivity index (χ2v) is 8.29. The molecule has 0 atom stereocenters. The van der Waals surface area contributed by atoms with E-state index in [0.717, 1.165) is 16.8 Å². The quantitative estimate of drug-likeness (QED) is 0.713. The Bertz CT molecular complexity index is 818. The van der Waals surface area contributed by atoms with Crippen molar-refractivity contribution in [2.45, 2.75) is 26.8 Å². The highest BCUT2D eigenvalue weighted by Gasteiger charge is 2.20. The van der Waals surface area contributed by atoms with E-state index in [9.17, 15) is 13.2 Å². The van der Waals surface area contributed by atoms with Gasteiger partial charge in [-0.25, -0.2) is 8.42 Å². The molecule has 2 aromatic rings. The van der Waals surface area contributed by atoms with E-state index in [4.69, 9.17) is 0 Å². The topological polar surface area (TPSA) is 57.7 Å². The minimum atomic E-state index is -3.40. The van der Waals surface area contributed by atoms with Gasteiger partial charge in [-0.3, -0.25) is 4.79 Å². The van der Waals surface area contributed by atoms with Crippen LogP contribution in [-0.2, 0) is 21.4 Å². The molecule has 0 N–H and O–H groups in total. The number of benzene rings is 2. The normalized spacial score (nSPS) is 11.5. The maximum absolute atomic E-state index is 12.6. The third-order valence-electron chi connectivity index (χ3n) is 4.21. The smallest absolute Gasteiger partial charge is 0.228 e. The van der Waals surface area contributed by atoms with Crippen LogP contribution in [0.1, 0.15) is 24.5 Å². The average molecular weight is 375 g/mol. The van der Waals surface area contributed by atoms with Crippen LogP contribution in [0.5, 0.6) is 0 Å². The van der Waals surface area contributed by atoms with Crippen molar-refractivity contribution in [1.29, 1.82) is 0 Å². The molecule has 26 heavy (non-hydrogen) atoms. The largest absolute Gasteiger partial charge is 0.313 e. The Kier molecular flexibility index (Phi) is 6.94. The van der Waals surface area contributed by atoms with Crippen LogP contribution in [0.2, 0.25) is 0 Å². The number of anilines is 1. The van der Waals surface area contributed by atoms with Gasteiger partial charge >= 0.3 is 0 Å². The van der Waals surface area contributed by atoms with E-state index >= 15 is 0 Å². The lowest BCUT2D eigenvalue weighted by Crippen LogP contribution is -2.36. The highest BCUT2D eigenvalue weighted by atomic mass is 32.2. The van der Waals surface area contributed by atoms with Gasteiger partial charge in [-0.15, -0.1) is 0 Å². The van der Waals surface area contributed by atoms with Crippen LogP contribution in [0.3, 0.4) is 0 Å². The Morgan fingerprint density at radius 2 is 1.62 bits per heavy atom. The highest BCUT2D eigenvalue weighted by molar-refractivity contribution is 7.88. The van der Waals surface area contributed by atoms with Crippen molar-refractivity contribution in [3.63, 3.8) is 0 Å². The molecule has 2 aromatic carbocycles. The second-order valence-electron chi connectivity index (χ2n) is 6.31. The molecular formula is C20H26N2O3S. The first-order valence-electron chi connectivity index (χ1n) is 8.67. The molecule has 6 heteroatoms. The molecule has 140 valence electrons. The highest BCUT2D eigenvalue weighted by Crippen LogP contribution is 2.16. The van der Waals surface area contributed by atoms with Gasteiger partial charge < -0.3 is 4.90 Å². The van der Waals surface area contributed by atoms with E-state index in [1.807, 2.05) is 68.4 Å². The minimum Gasteiger partial charge on any atom is -0.313 e. The number of hydrogen-bond donors (Lipinski definition) is 0. The Hall–Kier alpha value is -2.18. The third-order valence-corrected chi connectivity index (χ3v) is 5.46. The second kappa shape index (κ2) is 8.96. The van der Waals surface area contributed by atoms with Crippen LogP contribution in [0.25, 0.3) is 0 Å². The van der Waals surface area contributed by atoms with Crippen LogP contribution >= 0.6 is 0 Å². The molecule has 0 aliphatic rings. The van der Waals surface area contributed by atoms with Crippen molar-refractivity contribution < 1.29 is 13.2 Å². The summed E-state index contributed by atoms with van der Waals surface area (Å²) in [4.78, 5) is 14.3. The summed E-state index contributed by atoms with van der Waals surface area (Å²) < 4.78 is 25.6. The lowest BCUT2D eigenvalue weighted by molar-refractivity contribution is -0.118. The predicted octanol–water partition coefficient (Wildman–Crippen LogP) is 3.20. The standard InChI is InChI=1S/C20H26N2O3S/c1-4-22(19-8-6-5-7-9-19)20(23)14-15-21(26(3,24)25)16-18-12-10-17(2)11-13-18/h5-13H,4,14-16H2,1-3H3. The minimum absolute atomic E-state index is 0.0868. The van der Waals surface area contributed by atoms with Crippen LogP contribution in [0, 0.1) is 6.92 Å². The van der Waals surface area contributed by atoms with E-state index in [2.05, 4.69) is 0 Å². The van der Waals surface area contributed by atoms with Crippen LogP contribution in [0.15, 0.2) is 54.6 Å². The molecule has 0 bridgehead atoms. The molecule has 1 amide bonds. The lowest BCUT2D eigenvalue weighted by atomic mass is 10.1. The Balaban J connectivity index is 2.06. The molecule has 0 saturated heterocycles. The first-order valence-corrected chi connectivity index (χ1v) is 10.5. The number of carbonyl (C=O) groups is 1. The fourth-order valence-electron chi connectivity index (χ4n) is 2.73. The fourth-order valence-corrected chi connectivity index (χ4v) is 3.53. The number of carbonyl (C=O) groups excluding carboxylic acids is 1. The molecule has 0 aliphatic carbocycles. The summed E-state index contributed by atoms with van der Waals surface area (Å²) in [5, 5.41) is 0. The van der Waals surface area contributed by atoms with Gasteiger partial charge in [-0.05, 0) is 31.5 Å². The first-order chi connectivity index (χ1) is 12.3. The maximum atomic E-state index is 12.6. The number of amides is 1. The zero-order chi connectivity index (χ0) is 19.2. The molecular weight excluding hydrogens is 348 g/mol. The molecule has 0 aromatic heterocycles. The predicted molar refractivity (Wildman–Crippen MR) is 106 cm³/mol. The van der Waals surface area contributed by atoms with Crippen molar-refractivity contribution in [2.75, 3.05) is 24.2 Å². The molecule has 0 fully saturated rings. The van der Waals surface area contributed by atoms with Gasteiger partial charge in [0, 0.05) is 31.7 Å². The average Bonchev–Trinajstić information content (AvgIpc) is 2.60. The summed E-state index contributed by atoms with van der Waals surface area (Å²) in [7, 11) is -3.40. The zero-order valence-corrected chi connectivity index (χ0v) is 16.4. The summed E-state index contributed by atoms with van der Waals surface area (Å²) in [6.07, 6.45) is 1.32. The number of hydrogen-bond acceptors (Lipinski definition) is 3. The number of rotatable bonds is 8. The van der Waals surface area contributed by atoms with Crippen molar-refractivity contribution in [1.82, 2.24) is 4.31 Å². The Labute approximate surface area is 156 Å². The van der Waals surface area contributed by atoms with E-state index in [1.165, 1.54) is 10.6 Å². The van der Waals surface area contributed by atoms with Gasteiger partial charge in [-0.2, -0.15) is 4.31 Å². The third kappa shape index (κ3) is 5.68. The van der Waals surface area contributed by atoms with Crippen LogP contribution in [-0.4, -0.2) is 38.0 Å². The monoisotopic (exact) mass is 374 g/mol. The molecule has 2 rings (SSSR count). The molecule has 0 unspecified atom stereocenters. The van der Waals surface area contributed by atoms with Gasteiger partial charge in [0.05, 0.1) is 6.26 Å². The number of nitrogens with zero attached hydrogens (tertiary/aromatic N) is 2. The Morgan fingerprint density at radius 3 is 2.15 bits per heavy atom. The number of para-hydroxylation sites is 1. The molecule has 0 saturated carbocycles. The molecule has 0 spiro atoms. The van der Waals surface area contributed by atoms with E-state index in [1.54, 1.807) is 4.90 Å². The van der Waals surface area contributed by atoms with E-state index < -0.39 is 10.0 Å². The number of aryl methyl sites for hydroxylation is 1. The van der Waals surface area contributed by atoms with Gasteiger partial charge in [0.2, 0.25) is 15.9 Å². The molecule has 5 nitrogen and oxygen atoms in total. The van der Waals surface area contributed by atoms with Crippen LogP contribution in [0.4, 0.5) is 5.69 Å². The van der Waals surface area contributed by atoms with Gasteiger partial charge in [0.25, 0.3) is 0 Å². The lowest BCUT2D eigenvalue weighted by Gasteiger charge is -2.24. The fraction of sp³-hybridized carbons (Fsp3) is 0.350. The van der Waals surface area contributed by atoms with Crippen molar-refractivity contribution in [2.24, 2.45) is 0 Å². The van der Waals surface area contributed by atoms with Crippen molar-refractivity contribution in [3.8, 4) is 0 Å². The molecule has 0 heterocycles. The van der Waals surface area contributed by atoms with Crippen molar-refractivity contribution >= 4 is 21.6 Å². The van der Waals surface area contributed by atoms with Crippen molar-refractivity contribution in [3.05, 3.63) is 65.7 Å². The molecule has 0 aliphatic heterocycles. The van der Waals surface area contributed by atoms with Gasteiger partial charge in [0.1, 0.15) is 0 Å². The Morgan fingerprint density at radius 1 is 1.00 bits per heavy atom. The summed E-state index contributed by atoms with van der Waals surface area (Å²) in [5.41, 5.74) is 2.85. The van der Waals surface area contributed by atoms with Crippen LogP contribution < -0.4 is 4.90 Å². The maximum Gasteiger partial charge on any atom is 0.228 e. The SMILES string of the molecule is CCN(C(=O)CCN(Cc1ccc(C)cc1)S(C)(=O)=O)c1ccccc1. The van der Waals surface area contributed by atoms with Gasteiger partial charge in [0.15, 0.2) is 0 Å².